The van der Waals surface area contributed by atoms with Crippen molar-refractivity contribution in [1.29, 1.82) is 0 Å². The minimum absolute atomic E-state index is 0.123. The number of benzene rings is 1. The summed E-state index contributed by atoms with van der Waals surface area (Å²) < 4.78 is 13.1. The third-order valence-electron chi connectivity index (χ3n) is 3.05. The van der Waals surface area contributed by atoms with Gasteiger partial charge in [-0.15, -0.1) is 0 Å². The maximum absolute atomic E-state index is 13.1. The fourth-order valence-electron chi connectivity index (χ4n) is 2.10. The first-order valence-electron chi connectivity index (χ1n) is 5.81. The quantitative estimate of drug-likeness (QED) is 0.821. The van der Waals surface area contributed by atoms with Gasteiger partial charge in [-0.1, -0.05) is 6.92 Å². The molecule has 0 spiro atoms. The second-order valence-corrected chi connectivity index (χ2v) is 4.93. The second kappa shape index (κ2) is 5.08. The number of rotatable bonds is 3. The Morgan fingerprint density at radius 2 is 2.24 bits per heavy atom. The van der Waals surface area contributed by atoms with Crippen molar-refractivity contribution in [2.24, 2.45) is 5.92 Å². The first-order chi connectivity index (χ1) is 8.11. The van der Waals surface area contributed by atoms with Crippen LogP contribution >= 0.6 is 12.6 Å². The summed E-state index contributed by atoms with van der Waals surface area (Å²) in [5, 5.41) is 0. The zero-order valence-corrected chi connectivity index (χ0v) is 10.7. The normalized spacial score (nSPS) is 16.9. The monoisotopic (exact) mass is 253 g/mol. The number of thiol groups is 1. The summed E-state index contributed by atoms with van der Waals surface area (Å²) in [7, 11) is 0. The van der Waals surface area contributed by atoms with E-state index in [1.165, 1.54) is 12.1 Å². The molecule has 1 aromatic carbocycles. The van der Waals surface area contributed by atoms with Crippen LogP contribution < -0.4 is 4.90 Å². The highest BCUT2D eigenvalue weighted by Crippen LogP contribution is 2.29. The average Bonchev–Trinajstić information content (AvgIpc) is 2.32. The molecule has 2 nitrogen and oxygen atoms in total. The molecule has 0 saturated heterocycles. The molecule has 1 heterocycles. The molecule has 0 bridgehead atoms. The lowest BCUT2D eigenvalue weighted by Gasteiger charge is -2.31. The van der Waals surface area contributed by atoms with Crippen molar-refractivity contribution < 1.29 is 9.18 Å². The third-order valence-corrected chi connectivity index (χ3v) is 3.67. The Balaban J connectivity index is 2.30. The van der Waals surface area contributed by atoms with Crippen molar-refractivity contribution in [3.63, 3.8) is 0 Å². The number of amides is 1. The molecule has 1 aliphatic heterocycles. The summed E-state index contributed by atoms with van der Waals surface area (Å²) in [4.78, 5) is 13.7. The molecule has 92 valence electrons. The predicted octanol–water partition coefficient (Wildman–Crippen LogP) is 2.67. The molecule has 0 radical (unpaired) electrons. The van der Waals surface area contributed by atoms with E-state index in [4.69, 9.17) is 0 Å². The minimum Gasteiger partial charge on any atom is -0.312 e. The standard InChI is InChI=1S/C13H16FNOS/c1-9(8-17)7-15-12-4-3-11(14)6-10(12)2-5-13(15)16/h3-4,6,9,17H,2,5,7-8H2,1H3. The van der Waals surface area contributed by atoms with Gasteiger partial charge in [-0.05, 0) is 41.9 Å². The lowest BCUT2D eigenvalue weighted by Crippen LogP contribution is -2.38. The number of aryl methyl sites for hydroxylation is 1. The Kier molecular flexibility index (Phi) is 3.72. The van der Waals surface area contributed by atoms with Crippen molar-refractivity contribution in [2.75, 3.05) is 17.2 Å². The van der Waals surface area contributed by atoms with Gasteiger partial charge in [0.05, 0.1) is 0 Å². The third kappa shape index (κ3) is 2.63. The molecule has 4 heteroatoms. The second-order valence-electron chi connectivity index (χ2n) is 4.57. The van der Waals surface area contributed by atoms with Crippen LogP contribution in [0.4, 0.5) is 10.1 Å². The summed E-state index contributed by atoms with van der Waals surface area (Å²) in [5.74, 6) is 0.955. The van der Waals surface area contributed by atoms with Crippen LogP contribution in [-0.2, 0) is 11.2 Å². The van der Waals surface area contributed by atoms with Gasteiger partial charge in [-0.2, -0.15) is 12.6 Å². The highest BCUT2D eigenvalue weighted by Gasteiger charge is 2.25. The largest absolute Gasteiger partial charge is 0.312 e. The Morgan fingerprint density at radius 3 is 2.94 bits per heavy atom. The lowest BCUT2D eigenvalue weighted by atomic mass is 10.00. The first kappa shape index (κ1) is 12.4. The van der Waals surface area contributed by atoms with Gasteiger partial charge in [0.15, 0.2) is 0 Å². The summed E-state index contributed by atoms with van der Waals surface area (Å²) in [6.45, 7) is 2.71. The molecule has 17 heavy (non-hydrogen) atoms. The van der Waals surface area contributed by atoms with E-state index in [2.05, 4.69) is 19.6 Å². The maximum atomic E-state index is 13.1. The molecule has 1 aromatic rings. The van der Waals surface area contributed by atoms with E-state index in [9.17, 15) is 9.18 Å². The average molecular weight is 253 g/mol. The van der Waals surface area contributed by atoms with Crippen LogP contribution in [0.2, 0.25) is 0 Å². The van der Waals surface area contributed by atoms with Gasteiger partial charge in [0.2, 0.25) is 5.91 Å². The van der Waals surface area contributed by atoms with Crippen LogP contribution in [0.5, 0.6) is 0 Å². The van der Waals surface area contributed by atoms with E-state index in [-0.39, 0.29) is 11.7 Å². The maximum Gasteiger partial charge on any atom is 0.227 e. The van der Waals surface area contributed by atoms with Gasteiger partial charge in [0, 0.05) is 18.7 Å². The van der Waals surface area contributed by atoms with E-state index in [0.717, 1.165) is 17.0 Å². The molecule has 1 aliphatic rings. The molecular weight excluding hydrogens is 237 g/mol. The topological polar surface area (TPSA) is 20.3 Å². The van der Waals surface area contributed by atoms with E-state index in [0.29, 0.717) is 25.3 Å². The van der Waals surface area contributed by atoms with Crippen LogP contribution in [-0.4, -0.2) is 18.2 Å². The Morgan fingerprint density at radius 1 is 1.47 bits per heavy atom. The number of anilines is 1. The number of fused-ring (bicyclic) bond motifs is 1. The van der Waals surface area contributed by atoms with Gasteiger partial charge in [-0.25, -0.2) is 4.39 Å². The molecule has 0 aliphatic carbocycles. The zero-order valence-electron chi connectivity index (χ0n) is 9.82. The number of nitrogens with zero attached hydrogens (tertiary/aromatic N) is 1. The van der Waals surface area contributed by atoms with Crippen LogP contribution in [0, 0.1) is 11.7 Å². The van der Waals surface area contributed by atoms with Crippen molar-refractivity contribution in [2.45, 2.75) is 19.8 Å². The van der Waals surface area contributed by atoms with Gasteiger partial charge in [-0.3, -0.25) is 4.79 Å². The van der Waals surface area contributed by atoms with E-state index in [1.54, 1.807) is 11.0 Å². The highest BCUT2D eigenvalue weighted by molar-refractivity contribution is 7.80. The van der Waals surface area contributed by atoms with Gasteiger partial charge in [0.1, 0.15) is 5.82 Å². The van der Waals surface area contributed by atoms with Crippen LogP contribution in [0.25, 0.3) is 0 Å². The molecule has 0 aromatic heterocycles. The highest BCUT2D eigenvalue weighted by atomic mass is 32.1. The lowest BCUT2D eigenvalue weighted by molar-refractivity contribution is -0.119. The zero-order chi connectivity index (χ0) is 12.4. The molecule has 0 fully saturated rings. The van der Waals surface area contributed by atoms with Crippen LogP contribution in [0.15, 0.2) is 18.2 Å². The Bertz CT molecular complexity index is 435. The van der Waals surface area contributed by atoms with Crippen molar-refractivity contribution in [3.8, 4) is 0 Å². The van der Waals surface area contributed by atoms with E-state index in [1.807, 2.05) is 0 Å². The van der Waals surface area contributed by atoms with Gasteiger partial charge < -0.3 is 4.90 Å². The predicted molar refractivity (Wildman–Crippen MR) is 70.1 cm³/mol. The molecule has 0 N–H and O–H groups in total. The summed E-state index contributed by atoms with van der Waals surface area (Å²) in [6, 6.07) is 4.64. The van der Waals surface area contributed by atoms with E-state index >= 15 is 0 Å². The van der Waals surface area contributed by atoms with Gasteiger partial charge >= 0.3 is 0 Å². The molecular formula is C13H16FNOS. The fraction of sp³-hybridized carbons (Fsp3) is 0.462. The molecule has 1 amide bonds. The van der Waals surface area contributed by atoms with Crippen LogP contribution in [0.1, 0.15) is 18.9 Å². The summed E-state index contributed by atoms with van der Waals surface area (Å²) >= 11 is 4.23. The van der Waals surface area contributed by atoms with Crippen molar-refractivity contribution in [1.82, 2.24) is 0 Å². The fourth-order valence-corrected chi connectivity index (χ4v) is 2.21. The molecule has 1 unspecified atom stereocenters. The first-order valence-corrected chi connectivity index (χ1v) is 6.44. The minimum atomic E-state index is -0.236. The number of carbonyl (C=O) groups is 1. The number of hydrogen-bond acceptors (Lipinski definition) is 2. The summed E-state index contributed by atoms with van der Waals surface area (Å²) in [6.07, 6.45) is 1.10. The summed E-state index contributed by atoms with van der Waals surface area (Å²) in [5.41, 5.74) is 1.78. The molecule has 1 atom stereocenters. The van der Waals surface area contributed by atoms with Crippen molar-refractivity contribution >= 4 is 24.2 Å². The number of carbonyl (C=O) groups excluding carboxylic acids is 1. The Hall–Kier alpha value is -1.03. The number of hydrogen-bond donors (Lipinski definition) is 1. The van der Waals surface area contributed by atoms with Gasteiger partial charge in [0.25, 0.3) is 0 Å². The van der Waals surface area contributed by atoms with Crippen LogP contribution in [0.3, 0.4) is 0 Å². The Labute approximate surface area is 106 Å². The molecule has 0 saturated carbocycles. The molecule has 2 rings (SSSR count). The van der Waals surface area contributed by atoms with E-state index < -0.39 is 0 Å². The SMILES string of the molecule is CC(CS)CN1C(=O)CCc2cc(F)ccc21. The smallest absolute Gasteiger partial charge is 0.227 e. The number of halogens is 1. The van der Waals surface area contributed by atoms with Crippen molar-refractivity contribution in [3.05, 3.63) is 29.6 Å².